The molecule has 0 bridgehead atoms. The van der Waals surface area contributed by atoms with Gasteiger partial charge in [-0.2, -0.15) is 0 Å². The number of nitrogens with zero attached hydrogens (tertiary/aromatic N) is 1. The maximum Gasteiger partial charge on any atom is 0.319 e. The Bertz CT molecular complexity index is 1300. The predicted molar refractivity (Wildman–Crippen MR) is 158 cm³/mol. The Morgan fingerprint density at radius 3 is 2.40 bits per heavy atom. The van der Waals surface area contributed by atoms with Gasteiger partial charge in [0.25, 0.3) is 10.0 Å². The lowest BCUT2D eigenvalue weighted by Gasteiger charge is -2.12. The van der Waals surface area contributed by atoms with Crippen molar-refractivity contribution >= 4 is 27.4 Å². The van der Waals surface area contributed by atoms with Crippen molar-refractivity contribution in [3.63, 3.8) is 0 Å². The smallest absolute Gasteiger partial charge is 0.319 e. The summed E-state index contributed by atoms with van der Waals surface area (Å²) < 4.78 is 28.3. The molecule has 1 aliphatic rings. The van der Waals surface area contributed by atoms with Crippen molar-refractivity contribution in [2.45, 2.75) is 55.9 Å². The van der Waals surface area contributed by atoms with Crippen LogP contribution in [0.15, 0.2) is 78.0 Å². The maximum atomic E-state index is 12.8. The fourth-order valence-corrected chi connectivity index (χ4v) is 5.96. The fourth-order valence-electron chi connectivity index (χ4n) is 4.90. The van der Waals surface area contributed by atoms with Gasteiger partial charge >= 0.3 is 6.03 Å². The first-order valence-corrected chi connectivity index (χ1v) is 15.4. The molecule has 1 atom stereocenters. The van der Waals surface area contributed by atoms with Gasteiger partial charge in [0.2, 0.25) is 0 Å². The van der Waals surface area contributed by atoms with E-state index in [4.69, 9.17) is 0 Å². The predicted octanol–water partition coefficient (Wildman–Crippen LogP) is 4.84. The molecule has 0 radical (unpaired) electrons. The Morgan fingerprint density at radius 2 is 1.70 bits per heavy atom. The number of aromatic nitrogens is 1. The van der Waals surface area contributed by atoms with Gasteiger partial charge in [0.1, 0.15) is 0 Å². The molecule has 40 heavy (non-hydrogen) atoms. The van der Waals surface area contributed by atoms with Crippen molar-refractivity contribution < 1.29 is 18.3 Å². The molecule has 0 aliphatic heterocycles. The highest BCUT2D eigenvalue weighted by Crippen LogP contribution is 2.28. The Kier molecular flexibility index (Phi) is 10.9. The van der Waals surface area contributed by atoms with Crippen molar-refractivity contribution in [1.29, 1.82) is 0 Å². The van der Waals surface area contributed by atoms with E-state index in [1.54, 1.807) is 42.7 Å². The van der Waals surface area contributed by atoms with Crippen LogP contribution in [-0.2, 0) is 16.4 Å². The molecule has 0 saturated heterocycles. The van der Waals surface area contributed by atoms with E-state index in [2.05, 4.69) is 25.7 Å². The third kappa shape index (κ3) is 9.32. The van der Waals surface area contributed by atoms with Crippen LogP contribution in [0.3, 0.4) is 0 Å². The molecule has 2 aromatic carbocycles. The number of aliphatic hydroxyl groups is 1. The zero-order chi connectivity index (χ0) is 28.2. The number of benzene rings is 2. The summed E-state index contributed by atoms with van der Waals surface area (Å²) >= 11 is 0. The molecule has 214 valence electrons. The summed E-state index contributed by atoms with van der Waals surface area (Å²) in [7, 11) is -3.78. The van der Waals surface area contributed by atoms with Crippen LogP contribution in [-0.4, -0.2) is 44.2 Å². The number of urea groups is 1. The van der Waals surface area contributed by atoms with Crippen LogP contribution in [0.1, 0.15) is 55.8 Å². The molecule has 5 N–H and O–H groups in total. The first-order valence-electron chi connectivity index (χ1n) is 13.9. The van der Waals surface area contributed by atoms with Gasteiger partial charge in [0.15, 0.2) is 0 Å². The van der Waals surface area contributed by atoms with E-state index in [9.17, 15) is 18.3 Å². The molecule has 1 fully saturated rings. The second kappa shape index (κ2) is 14.8. The molecular weight excluding hydrogens is 526 g/mol. The van der Waals surface area contributed by atoms with Gasteiger partial charge in [-0.15, -0.1) is 0 Å². The summed E-state index contributed by atoms with van der Waals surface area (Å²) in [6.45, 7) is 1.72. The molecule has 3 aromatic rings. The van der Waals surface area contributed by atoms with Crippen LogP contribution in [0.25, 0.3) is 0 Å². The summed E-state index contributed by atoms with van der Waals surface area (Å²) in [5, 5.41) is 19.0. The Balaban J connectivity index is 1.17. The van der Waals surface area contributed by atoms with E-state index in [1.165, 1.54) is 37.8 Å². The normalized spacial score (nSPS) is 14.5. The maximum absolute atomic E-state index is 12.8. The number of anilines is 2. The van der Waals surface area contributed by atoms with Crippen molar-refractivity contribution in [3.8, 4) is 0 Å². The number of carbonyl (C=O) groups excluding carboxylic acids is 1. The second-order valence-corrected chi connectivity index (χ2v) is 11.9. The highest BCUT2D eigenvalue weighted by atomic mass is 32.2. The monoisotopic (exact) mass is 565 g/mol. The number of sulfonamides is 1. The van der Waals surface area contributed by atoms with Crippen LogP contribution in [0, 0.1) is 5.92 Å². The van der Waals surface area contributed by atoms with E-state index in [0.717, 1.165) is 36.3 Å². The van der Waals surface area contributed by atoms with Crippen molar-refractivity contribution in [2.75, 3.05) is 29.7 Å². The number of carbonyl (C=O) groups is 1. The van der Waals surface area contributed by atoms with Crippen molar-refractivity contribution in [3.05, 3.63) is 84.2 Å². The molecule has 2 amide bonds. The minimum atomic E-state index is -3.78. The molecule has 0 spiro atoms. The quantitative estimate of drug-likeness (QED) is 0.178. The van der Waals surface area contributed by atoms with E-state index in [-0.39, 0.29) is 10.9 Å². The lowest BCUT2D eigenvalue weighted by Crippen LogP contribution is -2.29. The summed E-state index contributed by atoms with van der Waals surface area (Å²) in [5.74, 6) is 0.803. The van der Waals surface area contributed by atoms with Gasteiger partial charge in [-0.1, -0.05) is 43.9 Å². The Morgan fingerprint density at radius 1 is 0.975 bits per heavy atom. The molecule has 4 rings (SSSR count). The van der Waals surface area contributed by atoms with E-state index in [1.807, 2.05) is 18.2 Å². The SMILES string of the molecule is O=C(NCCCC1CCCC1)Nc1ccc(S(=O)(=O)Nc2ccc(CCNC[C@H](O)c3cccnc3)cc2)cc1. The first kappa shape index (κ1) is 29.5. The largest absolute Gasteiger partial charge is 0.387 e. The zero-order valence-electron chi connectivity index (χ0n) is 22.7. The molecule has 1 saturated carbocycles. The van der Waals surface area contributed by atoms with Gasteiger partial charge in [-0.25, -0.2) is 13.2 Å². The first-order chi connectivity index (χ1) is 19.4. The highest BCUT2D eigenvalue weighted by molar-refractivity contribution is 7.92. The lowest BCUT2D eigenvalue weighted by molar-refractivity contribution is 0.174. The van der Waals surface area contributed by atoms with Crippen LogP contribution < -0.4 is 20.7 Å². The van der Waals surface area contributed by atoms with Crippen LogP contribution in [0.2, 0.25) is 0 Å². The third-order valence-corrected chi connectivity index (χ3v) is 8.57. The average Bonchev–Trinajstić information content (AvgIpc) is 3.48. The number of pyridine rings is 1. The molecule has 10 heteroatoms. The molecule has 9 nitrogen and oxygen atoms in total. The topological polar surface area (TPSA) is 132 Å². The Labute approximate surface area is 236 Å². The summed E-state index contributed by atoms with van der Waals surface area (Å²) in [5.41, 5.74) is 2.79. The van der Waals surface area contributed by atoms with Gasteiger partial charge in [-0.05, 0) is 79.8 Å². The molecule has 1 aromatic heterocycles. The molecule has 0 unspecified atom stereocenters. The van der Waals surface area contributed by atoms with E-state index < -0.39 is 16.1 Å². The number of hydrogen-bond acceptors (Lipinski definition) is 6. The number of nitrogens with one attached hydrogen (secondary N) is 4. The van der Waals surface area contributed by atoms with Crippen LogP contribution >= 0.6 is 0 Å². The molecule has 1 aliphatic carbocycles. The number of amides is 2. The van der Waals surface area contributed by atoms with Gasteiger partial charge < -0.3 is 21.1 Å². The van der Waals surface area contributed by atoms with E-state index in [0.29, 0.717) is 31.0 Å². The van der Waals surface area contributed by atoms with Gasteiger partial charge in [0.05, 0.1) is 11.0 Å². The standard InChI is InChI=1S/C30H39N5O4S/c36-29(25-8-4-18-31-21-25)22-32-20-17-24-9-11-27(12-10-24)35-40(38,39)28-15-13-26(14-16-28)34-30(37)33-19-3-7-23-5-1-2-6-23/h4,8-16,18,21,23,29,32,35-36H,1-3,5-7,17,19-20,22H2,(H2,33,34,37)/t29-/m0/s1. The minimum Gasteiger partial charge on any atom is -0.387 e. The number of aliphatic hydroxyl groups excluding tert-OH is 1. The minimum absolute atomic E-state index is 0.107. The van der Waals surface area contributed by atoms with Crippen molar-refractivity contribution in [2.24, 2.45) is 5.92 Å². The lowest BCUT2D eigenvalue weighted by atomic mass is 10.0. The average molecular weight is 566 g/mol. The van der Waals surface area contributed by atoms with E-state index >= 15 is 0 Å². The summed E-state index contributed by atoms with van der Waals surface area (Å²) in [6.07, 6.45) is 10.8. The molecule has 1 heterocycles. The summed E-state index contributed by atoms with van der Waals surface area (Å²) in [6, 6.07) is 16.6. The highest BCUT2D eigenvalue weighted by Gasteiger charge is 2.16. The number of rotatable bonds is 14. The third-order valence-electron chi connectivity index (χ3n) is 7.18. The van der Waals surface area contributed by atoms with Gasteiger partial charge in [0, 0.05) is 42.4 Å². The van der Waals surface area contributed by atoms with Crippen LogP contribution in [0.5, 0.6) is 0 Å². The Hall–Kier alpha value is -3.47. The number of hydrogen-bond donors (Lipinski definition) is 5. The second-order valence-electron chi connectivity index (χ2n) is 10.3. The summed E-state index contributed by atoms with van der Waals surface area (Å²) in [4.78, 5) is 16.3. The molecular formula is C30H39N5O4S. The van der Waals surface area contributed by atoms with Crippen LogP contribution in [0.4, 0.5) is 16.2 Å². The van der Waals surface area contributed by atoms with Crippen molar-refractivity contribution in [1.82, 2.24) is 15.6 Å². The zero-order valence-corrected chi connectivity index (χ0v) is 23.5. The fraction of sp³-hybridized carbons (Fsp3) is 0.400. The van der Waals surface area contributed by atoms with Gasteiger partial charge in [-0.3, -0.25) is 9.71 Å².